The summed E-state index contributed by atoms with van der Waals surface area (Å²) in [4.78, 5) is 44.6. The van der Waals surface area contributed by atoms with Gasteiger partial charge in [0.2, 0.25) is 0 Å². The van der Waals surface area contributed by atoms with E-state index in [1.54, 1.807) is 23.2 Å². The number of aromatic nitrogens is 1. The normalized spacial score (nSPS) is 17.8. The third-order valence-electron chi connectivity index (χ3n) is 6.57. The molecule has 1 unspecified atom stereocenters. The van der Waals surface area contributed by atoms with Crippen molar-refractivity contribution >= 4 is 39.3 Å². The average molecular weight is 540 g/mol. The molecule has 1 N–H and O–H groups in total. The highest BCUT2D eigenvalue weighted by Gasteiger charge is 2.38. The van der Waals surface area contributed by atoms with E-state index >= 15 is 0 Å². The van der Waals surface area contributed by atoms with E-state index in [9.17, 15) is 14.4 Å². The molecule has 184 valence electrons. The number of nitrogens with one attached hydrogen (secondary N) is 1. The van der Waals surface area contributed by atoms with Gasteiger partial charge in [-0.15, -0.1) is 0 Å². The van der Waals surface area contributed by atoms with Crippen molar-refractivity contribution in [2.75, 3.05) is 19.6 Å². The van der Waals surface area contributed by atoms with E-state index in [1.165, 1.54) is 0 Å². The third-order valence-corrected chi connectivity index (χ3v) is 7.04. The molecule has 1 aromatic carbocycles. The van der Waals surface area contributed by atoms with Crippen LogP contribution in [0.5, 0.6) is 0 Å². The number of aryl methyl sites for hydroxylation is 3. The first-order valence-electron chi connectivity index (χ1n) is 12.0. The molecule has 35 heavy (non-hydrogen) atoms. The van der Waals surface area contributed by atoms with E-state index in [-0.39, 0.29) is 23.7 Å². The molecule has 1 atom stereocenters. The van der Waals surface area contributed by atoms with Crippen LogP contribution in [-0.4, -0.2) is 47.3 Å². The van der Waals surface area contributed by atoms with Crippen molar-refractivity contribution in [1.29, 1.82) is 0 Å². The lowest BCUT2D eigenvalue weighted by molar-refractivity contribution is -0.116. The number of amides is 2. The minimum atomic E-state index is -0.388. The van der Waals surface area contributed by atoms with Crippen LogP contribution in [0.3, 0.4) is 0 Å². The molecule has 0 radical (unpaired) electrons. The molecule has 1 aliphatic carbocycles. The first kappa shape index (κ1) is 25.1. The summed E-state index contributed by atoms with van der Waals surface area (Å²) >= 11 is 3.31. The van der Waals surface area contributed by atoms with Gasteiger partial charge in [-0.2, -0.15) is 0 Å². The summed E-state index contributed by atoms with van der Waals surface area (Å²) in [5, 5.41) is 2.85. The number of carbonyl (C=O) groups excluding carboxylic acids is 3. The number of benzene rings is 1. The predicted molar refractivity (Wildman–Crippen MR) is 137 cm³/mol. The Bertz CT molecular complexity index is 1160. The van der Waals surface area contributed by atoms with Gasteiger partial charge in [-0.05, 0) is 84.8 Å². The molecule has 1 aromatic heterocycles. The van der Waals surface area contributed by atoms with Crippen LogP contribution < -0.4 is 5.32 Å². The summed E-state index contributed by atoms with van der Waals surface area (Å²) in [6.45, 7) is 7.66. The molecule has 1 aliphatic heterocycles. The lowest BCUT2D eigenvalue weighted by atomic mass is 9.90. The Hall–Kier alpha value is -3.00. The Morgan fingerprint density at radius 2 is 1.83 bits per heavy atom. The smallest absolute Gasteiger partial charge is 0.414 e. The molecular weight excluding hydrogens is 510 g/mol. The van der Waals surface area contributed by atoms with E-state index in [1.807, 2.05) is 32.9 Å². The number of ether oxygens (including phenoxy) is 1. The highest BCUT2D eigenvalue weighted by molar-refractivity contribution is 9.10. The maximum Gasteiger partial charge on any atom is 0.414 e. The Balaban J connectivity index is 1.51. The van der Waals surface area contributed by atoms with Crippen LogP contribution in [0, 0.1) is 26.7 Å². The number of hydrogen-bond donors (Lipinski definition) is 1. The van der Waals surface area contributed by atoms with Crippen molar-refractivity contribution in [3.8, 4) is 0 Å². The van der Waals surface area contributed by atoms with Crippen molar-refractivity contribution in [3.63, 3.8) is 0 Å². The van der Waals surface area contributed by atoms with Crippen LogP contribution in [0.4, 0.5) is 4.79 Å². The molecular formula is C27H30BrN3O4. The quantitative estimate of drug-likeness (QED) is 0.550. The molecule has 0 spiro atoms. The predicted octanol–water partition coefficient (Wildman–Crippen LogP) is 5.12. The first-order chi connectivity index (χ1) is 16.7. The maximum absolute atomic E-state index is 13.6. The van der Waals surface area contributed by atoms with Gasteiger partial charge in [-0.1, -0.05) is 17.7 Å². The Labute approximate surface area is 214 Å². The minimum absolute atomic E-state index is 0.0414. The van der Waals surface area contributed by atoms with E-state index in [0.717, 1.165) is 39.6 Å². The molecule has 1 saturated heterocycles. The molecule has 2 aromatic rings. The highest BCUT2D eigenvalue weighted by atomic mass is 79.9. The summed E-state index contributed by atoms with van der Waals surface area (Å²) in [6.07, 6.45) is 3.89. The van der Waals surface area contributed by atoms with Crippen LogP contribution in [0.25, 0.3) is 5.57 Å². The van der Waals surface area contributed by atoms with E-state index in [2.05, 4.69) is 26.2 Å². The Morgan fingerprint density at radius 3 is 2.46 bits per heavy atom. The third kappa shape index (κ3) is 5.64. The zero-order chi connectivity index (χ0) is 25.1. The molecule has 0 bridgehead atoms. The minimum Gasteiger partial charge on any atom is -0.414 e. The van der Waals surface area contributed by atoms with Gasteiger partial charge in [0.1, 0.15) is 11.5 Å². The Kier molecular flexibility index (Phi) is 7.69. The van der Waals surface area contributed by atoms with Gasteiger partial charge < -0.3 is 15.0 Å². The van der Waals surface area contributed by atoms with E-state index in [0.29, 0.717) is 49.5 Å². The number of nitrogens with zero attached hydrogens (tertiary/aromatic N) is 2. The second-order valence-corrected chi connectivity index (χ2v) is 10.2. The molecule has 0 saturated carbocycles. The molecule has 2 aliphatic rings. The number of carbonyl (C=O) groups is 3. The molecule has 4 rings (SSSR count). The fraction of sp³-hybridized carbons (Fsp3) is 0.407. The summed E-state index contributed by atoms with van der Waals surface area (Å²) < 4.78 is 6.65. The topological polar surface area (TPSA) is 88.6 Å². The van der Waals surface area contributed by atoms with Gasteiger partial charge in [-0.3, -0.25) is 9.59 Å². The number of Topliss-reactive ketones (excluding diaryl/α,β-unsaturated/α-hetero) is 1. The zero-order valence-corrected chi connectivity index (χ0v) is 21.9. The first-order valence-corrected chi connectivity index (χ1v) is 12.8. The van der Waals surface area contributed by atoms with Gasteiger partial charge >= 0.3 is 6.09 Å². The number of pyridine rings is 1. The fourth-order valence-corrected chi connectivity index (χ4v) is 5.19. The van der Waals surface area contributed by atoms with Crippen molar-refractivity contribution in [2.24, 2.45) is 5.92 Å². The number of rotatable bonds is 6. The molecule has 8 heteroatoms. The number of halogens is 1. The molecule has 2 amide bonds. The van der Waals surface area contributed by atoms with Gasteiger partial charge in [-0.25, -0.2) is 9.78 Å². The second kappa shape index (κ2) is 10.7. The van der Waals surface area contributed by atoms with Crippen LogP contribution in [-0.2, 0) is 9.53 Å². The van der Waals surface area contributed by atoms with Gasteiger partial charge in [0, 0.05) is 42.6 Å². The van der Waals surface area contributed by atoms with Gasteiger partial charge in [0.25, 0.3) is 5.91 Å². The van der Waals surface area contributed by atoms with Crippen molar-refractivity contribution in [3.05, 3.63) is 68.6 Å². The van der Waals surface area contributed by atoms with Crippen molar-refractivity contribution < 1.29 is 19.1 Å². The number of ketones is 1. The summed E-state index contributed by atoms with van der Waals surface area (Å²) in [6, 6.07) is 7.48. The monoisotopic (exact) mass is 539 g/mol. The largest absolute Gasteiger partial charge is 0.414 e. The highest BCUT2D eigenvalue weighted by Crippen LogP contribution is 2.40. The van der Waals surface area contributed by atoms with Crippen molar-refractivity contribution in [1.82, 2.24) is 15.2 Å². The van der Waals surface area contributed by atoms with Gasteiger partial charge in [0.15, 0.2) is 5.78 Å². The van der Waals surface area contributed by atoms with Crippen LogP contribution in [0.1, 0.15) is 58.4 Å². The maximum atomic E-state index is 13.6. The number of likely N-dealkylation sites (tertiary alicyclic amines) is 1. The number of allylic oxidation sites excluding steroid dienone is 2. The molecule has 1 fully saturated rings. The Morgan fingerprint density at radius 1 is 1.14 bits per heavy atom. The lowest BCUT2D eigenvalue weighted by Crippen LogP contribution is -2.28. The summed E-state index contributed by atoms with van der Waals surface area (Å²) in [5.41, 5.74) is 4.74. The van der Waals surface area contributed by atoms with Crippen LogP contribution in [0.15, 0.2) is 40.7 Å². The fourth-order valence-electron chi connectivity index (χ4n) is 4.95. The van der Waals surface area contributed by atoms with E-state index in [4.69, 9.17) is 4.74 Å². The van der Waals surface area contributed by atoms with Gasteiger partial charge in [0.05, 0.1) is 5.57 Å². The lowest BCUT2D eigenvalue weighted by Gasteiger charge is -2.17. The second-order valence-electron chi connectivity index (χ2n) is 9.31. The molecule has 2 heterocycles. The molecule has 7 nitrogen and oxygen atoms in total. The average Bonchev–Trinajstić information content (AvgIpc) is 3.44. The van der Waals surface area contributed by atoms with Crippen LogP contribution >= 0.6 is 15.9 Å². The summed E-state index contributed by atoms with van der Waals surface area (Å²) in [5.74, 6) is -0.264. The zero-order valence-electron chi connectivity index (χ0n) is 20.3. The summed E-state index contributed by atoms with van der Waals surface area (Å²) in [7, 11) is 0. The van der Waals surface area contributed by atoms with Crippen LogP contribution in [0.2, 0.25) is 0 Å². The van der Waals surface area contributed by atoms with Crippen molar-refractivity contribution in [2.45, 2.75) is 46.5 Å². The standard InChI is InChI=1S/C27H30BrN3O4/c1-16-12-17(2)23(18(3)13-16)24-22(35-27(34)31-10-4-5-11-31)14-19(25(24)32)8-9-29-26(33)21-7-6-20(28)15-30-21/h6-7,12-13,15,19H,4-5,8-11,14H2,1-3H3,(H,29,33). The van der Waals surface area contributed by atoms with E-state index < -0.39 is 0 Å². The SMILES string of the molecule is Cc1cc(C)c(C2=C(OC(=O)N3CCCC3)CC(CCNC(=O)c3ccc(Br)cn3)C2=O)c(C)c1. The number of hydrogen-bond acceptors (Lipinski definition) is 5.